The molecule has 0 unspecified atom stereocenters. The van der Waals surface area contributed by atoms with Crippen LogP contribution in [0.2, 0.25) is 0 Å². The van der Waals surface area contributed by atoms with Gasteiger partial charge in [0.2, 0.25) is 0 Å². The first kappa shape index (κ1) is 6.80. The summed E-state index contributed by atoms with van der Waals surface area (Å²) in [5, 5.41) is 15.0. The van der Waals surface area contributed by atoms with Crippen molar-refractivity contribution in [2.24, 2.45) is 12.2 Å². The van der Waals surface area contributed by atoms with E-state index < -0.39 is 0 Å². The largest absolute Gasteiger partial charge is 0.411 e. The Kier molecular flexibility index (Phi) is 1.71. The van der Waals surface area contributed by atoms with Crippen LogP contribution in [0.4, 0.5) is 0 Å². The predicted octanol–water partition coefficient (Wildman–Crippen LogP) is 0.537. The van der Waals surface area contributed by atoms with Gasteiger partial charge < -0.3 is 5.21 Å². The highest BCUT2D eigenvalue weighted by atomic mass is 16.4. The molecular formula is C6H9N3O. The molecule has 0 saturated carbocycles. The Labute approximate surface area is 58.8 Å². The third-order valence-corrected chi connectivity index (χ3v) is 1.47. The van der Waals surface area contributed by atoms with E-state index in [1.165, 1.54) is 6.21 Å². The SMILES string of the molecule is Cc1c(/C=N/O)cnn1C. The number of hydrogen-bond donors (Lipinski definition) is 1. The molecule has 1 rings (SSSR count). The summed E-state index contributed by atoms with van der Waals surface area (Å²) in [6, 6.07) is 0. The molecule has 0 aliphatic heterocycles. The molecule has 1 aromatic heterocycles. The van der Waals surface area contributed by atoms with Crippen molar-refractivity contribution in [2.45, 2.75) is 6.92 Å². The van der Waals surface area contributed by atoms with Crippen LogP contribution in [-0.2, 0) is 7.05 Å². The van der Waals surface area contributed by atoms with E-state index in [1.807, 2.05) is 14.0 Å². The van der Waals surface area contributed by atoms with Gasteiger partial charge in [-0.2, -0.15) is 5.10 Å². The first-order valence-corrected chi connectivity index (χ1v) is 2.91. The van der Waals surface area contributed by atoms with E-state index in [0.29, 0.717) is 0 Å². The highest BCUT2D eigenvalue weighted by Crippen LogP contribution is 2.00. The second-order valence-corrected chi connectivity index (χ2v) is 2.05. The number of aromatic nitrogens is 2. The molecule has 54 valence electrons. The van der Waals surface area contributed by atoms with Crippen LogP contribution in [0.3, 0.4) is 0 Å². The smallest absolute Gasteiger partial charge is 0.0768 e. The van der Waals surface area contributed by atoms with Gasteiger partial charge in [0, 0.05) is 18.3 Å². The van der Waals surface area contributed by atoms with Gasteiger partial charge in [-0.05, 0) is 6.92 Å². The lowest BCUT2D eigenvalue weighted by molar-refractivity contribution is 0.322. The summed E-state index contributed by atoms with van der Waals surface area (Å²) >= 11 is 0. The van der Waals surface area contributed by atoms with E-state index in [2.05, 4.69) is 10.3 Å². The Hall–Kier alpha value is -1.32. The van der Waals surface area contributed by atoms with Gasteiger partial charge in [-0.15, -0.1) is 0 Å². The van der Waals surface area contributed by atoms with Crippen LogP contribution in [0.5, 0.6) is 0 Å². The molecule has 4 heteroatoms. The first-order chi connectivity index (χ1) is 4.75. The zero-order valence-corrected chi connectivity index (χ0v) is 5.94. The summed E-state index contributed by atoms with van der Waals surface area (Å²) in [5.41, 5.74) is 1.82. The third-order valence-electron chi connectivity index (χ3n) is 1.47. The van der Waals surface area contributed by atoms with Crippen molar-refractivity contribution in [2.75, 3.05) is 0 Å². The van der Waals surface area contributed by atoms with Crippen LogP contribution >= 0.6 is 0 Å². The monoisotopic (exact) mass is 139 g/mol. The number of nitrogens with zero attached hydrogens (tertiary/aromatic N) is 3. The van der Waals surface area contributed by atoms with Crippen molar-refractivity contribution >= 4 is 6.21 Å². The van der Waals surface area contributed by atoms with Crippen molar-refractivity contribution in [3.63, 3.8) is 0 Å². The maximum atomic E-state index is 8.19. The lowest BCUT2D eigenvalue weighted by Crippen LogP contribution is -1.93. The Morgan fingerprint density at radius 2 is 2.50 bits per heavy atom. The molecule has 10 heavy (non-hydrogen) atoms. The summed E-state index contributed by atoms with van der Waals surface area (Å²) in [5.74, 6) is 0. The van der Waals surface area contributed by atoms with Gasteiger partial charge in [-0.25, -0.2) is 0 Å². The Bertz CT molecular complexity index is 251. The van der Waals surface area contributed by atoms with Gasteiger partial charge in [-0.1, -0.05) is 5.16 Å². The lowest BCUT2D eigenvalue weighted by Gasteiger charge is -1.91. The summed E-state index contributed by atoms with van der Waals surface area (Å²) in [7, 11) is 1.84. The zero-order valence-electron chi connectivity index (χ0n) is 5.94. The average Bonchev–Trinajstić information content (AvgIpc) is 2.20. The van der Waals surface area contributed by atoms with E-state index in [1.54, 1.807) is 10.9 Å². The van der Waals surface area contributed by atoms with Gasteiger partial charge >= 0.3 is 0 Å². The molecule has 0 saturated heterocycles. The normalized spacial score (nSPS) is 11.0. The molecule has 0 amide bonds. The van der Waals surface area contributed by atoms with Crippen molar-refractivity contribution in [3.8, 4) is 0 Å². The summed E-state index contributed by atoms with van der Waals surface area (Å²) < 4.78 is 1.72. The van der Waals surface area contributed by atoms with E-state index in [-0.39, 0.29) is 0 Å². The van der Waals surface area contributed by atoms with Crippen LogP contribution in [-0.4, -0.2) is 21.2 Å². The third kappa shape index (κ3) is 1.00. The molecule has 0 bridgehead atoms. The molecule has 0 aliphatic rings. The van der Waals surface area contributed by atoms with Gasteiger partial charge in [-0.3, -0.25) is 4.68 Å². The topological polar surface area (TPSA) is 50.4 Å². The van der Waals surface area contributed by atoms with E-state index >= 15 is 0 Å². The molecule has 0 radical (unpaired) electrons. The number of hydrogen-bond acceptors (Lipinski definition) is 3. The Morgan fingerprint density at radius 1 is 1.80 bits per heavy atom. The maximum absolute atomic E-state index is 8.19. The van der Waals surface area contributed by atoms with Crippen LogP contribution < -0.4 is 0 Å². The molecule has 1 N–H and O–H groups in total. The second-order valence-electron chi connectivity index (χ2n) is 2.05. The van der Waals surface area contributed by atoms with E-state index in [9.17, 15) is 0 Å². The molecule has 0 atom stereocenters. The zero-order chi connectivity index (χ0) is 7.56. The minimum absolute atomic E-state index is 0.838. The van der Waals surface area contributed by atoms with Crippen LogP contribution in [0, 0.1) is 6.92 Å². The number of oxime groups is 1. The van der Waals surface area contributed by atoms with Gasteiger partial charge in [0.1, 0.15) is 0 Å². The van der Waals surface area contributed by atoms with Crippen molar-refractivity contribution in [3.05, 3.63) is 17.5 Å². The Morgan fingerprint density at radius 3 is 2.90 bits per heavy atom. The lowest BCUT2D eigenvalue weighted by atomic mass is 10.3. The van der Waals surface area contributed by atoms with Gasteiger partial charge in [0.25, 0.3) is 0 Å². The van der Waals surface area contributed by atoms with Crippen molar-refractivity contribution in [1.82, 2.24) is 9.78 Å². The van der Waals surface area contributed by atoms with Crippen LogP contribution in [0.1, 0.15) is 11.3 Å². The van der Waals surface area contributed by atoms with Crippen molar-refractivity contribution < 1.29 is 5.21 Å². The molecular weight excluding hydrogens is 130 g/mol. The molecule has 1 heterocycles. The average molecular weight is 139 g/mol. The molecule has 0 spiro atoms. The molecule has 1 aromatic rings. The predicted molar refractivity (Wildman–Crippen MR) is 37.3 cm³/mol. The number of aryl methyl sites for hydroxylation is 1. The summed E-state index contributed by atoms with van der Waals surface area (Å²) in [6.07, 6.45) is 3.01. The fourth-order valence-corrected chi connectivity index (χ4v) is 0.705. The molecule has 0 fully saturated rings. The highest BCUT2D eigenvalue weighted by Gasteiger charge is 1.98. The molecule has 0 aromatic carbocycles. The van der Waals surface area contributed by atoms with Crippen LogP contribution in [0.15, 0.2) is 11.4 Å². The molecule has 0 aliphatic carbocycles. The fourth-order valence-electron chi connectivity index (χ4n) is 0.705. The van der Waals surface area contributed by atoms with Gasteiger partial charge in [0.15, 0.2) is 0 Å². The van der Waals surface area contributed by atoms with E-state index in [4.69, 9.17) is 5.21 Å². The van der Waals surface area contributed by atoms with Gasteiger partial charge in [0.05, 0.1) is 12.4 Å². The fraction of sp³-hybridized carbons (Fsp3) is 0.333. The maximum Gasteiger partial charge on any atom is 0.0768 e. The summed E-state index contributed by atoms with van der Waals surface area (Å²) in [4.78, 5) is 0. The van der Waals surface area contributed by atoms with E-state index in [0.717, 1.165) is 11.3 Å². The van der Waals surface area contributed by atoms with Crippen molar-refractivity contribution in [1.29, 1.82) is 0 Å². The highest BCUT2D eigenvalue weighted by molar-refractivity contribution is 5.79. The summed E-state index contributed by atoms with van der Waals surface area (Å²) in [6.45, 7) is 1.91. The quantitative estimate of drug-likeness (QED) is 0.350. The van der Waals surface area contributed by atoms with Crippen LogP contribution in [0.25, 0.3) is 0 Å². The number of rotatable bonds is 1. The molecule has 4 nitrogen and oxygen atoms in total. The Balaban J connectivity index is 3.05. The second kappa shape index (κ2) is 2.51. The standard InChI is InChI=1S/C6H9N3O/c1-5-6(4-8-10)3-7-9(5)2/h3-4,10H,1-2H3/b8-4+. The first-order valence-electron chi connectivity index (χ1n) is 2.91. The minimum atomic E-state index is 0.838. The minimum Gasteiger partial charge on any atom is -0.411 e.